The van der Waals surface area contributed by atoms with Gasteiger partial charge in [0, 0.05) is 19.6 Å². The quantitative estimate of drug-likeness (QED) is 0.709. The summed E-state index contributed by atoms with van der Waals surface area (Å²) in [6, 6.07) is -0.310. The van der Waals surface area contributed by atoms with Crippen molar-refractivity contribution in [1.82, 2.24) is 10.2 Å². The Morgan fingerprint density at radius 3 is 3.07 bits per heavy atom. The van der Waals surface area contributed by atoms with Crippen LogP contribution in [0.1, 0.15) is 12.8 Å². The smallest absolute Gasteiger partial charge is 0.239 e. The molecule has 0 unspecified atom stereocenters. The summed E-state index contributed by atoms with van der Waals surface area (Å²) in [7, 11) is 0. The van der Waals surface area contributed by atoms with Crippen LogP contribution in [-0.4, -0.2) is 55.0 Å². The summed E-state index contributed by atoms with van der Waals surface area (Å²) in [5.41, 5.74) is 5.86. The number of nitrogens with two attached hydrogens (primary N) is 1. The third kappa shape index (κ3) is 4.40. The van der Waals surface area contributed by atoms with Crippen LogP contribution in [0.5, 0.6) is 0 Å². The van der Waals surface area contributed by atoms with E-state index in [1.54, 1.807) is 11.8 Å². The van der Waals surface area contributed by atoms with Crippen molar-refractivity contribution in [2.45, 2.75) is 18.9 Å². The predicted molar refractivity (Wildman–Crippen MR) is 65.0 cm³/mol. The van der Waals surface area contributed by atoms with Crippen LogP contribution in [0, 0.1) is 0 Å². The standard InChI is InChI=1S/C10H21N3OS/c1-15-8-3-9(11)10(14)13-6-2-4-12-5-7-13/h9,12H,2-8,11H2,1H3/t9-/m0/s1. The van der Waals surface area contributed by atoms with Gasteiger partial charge in [0.05, 0.1) is 6.04 Å². The fourth-order valence-corrected chi connectivity index (χ4v) is 2.16. The van der Waals surface area contributed by atoms with Gasteiger partial charge in [-0.25, -0.2) is 0 Å². The Labute approximate surface area is 96.0 Å². The van der Waals surface area contributed by atoms with Gasteiger partial charge in [-0.15, -0.1) is 0 Å². The first-order chi connectivity index (χ1) is 7.25. The van der Waals surface area contributed by atoms with Gasteiger partial charge in [0.25, 0.3) is 0 Å². The van der Waals surface area contributed by atoms with Gasteiger partial charge in [-0.2, -0.15) is 11.8 Å². The molecular formula is C10H21N3OS. The fourth-order valence-electron chi connectivity index (χ4n) is 1.67. The first-order valence-corrected chi connectivity index (χ1v) is 6.89. The van der Waals surface area contributed by atoms with E-state index in [-0.39, 0.29) is 11.9 Å². The van der Waals surface area contributed by atoms with E-state index >= 15 is 0 Å². The average Bonchev–Trinajstić information content (AvgIpc) is 2.53. The van der Waals surface area contributed by atoms with Gasteiger partial charge < -0.3 is 16.0 Å². The van der Waals surface area contributed by atoms with Gasteiger partial charge in [-0.3, -0.25) is 4.79 Å². The molecule has 1 aliphatic rings. The monoisotopic (exact) mass is 231 g/mol. The molecule has 4 nitrogen and oxygen atoms in total. The van der Waals surface area contributed by atoms with Crippen molar-refractivity contribution in [3.05, 3.63) is 0 Å². The first kappa shape index (κ1) is 12.8. The molecule has 5 heteroatoms. The zero-order valence-corrected chi connectivity index (χ0v) is 10.2. The summed E-state index contributed by atoms with van der Waals surface area (Å²) in [6.07, 6.45) is 3.85. The van der Waals surface area contributed by atoms with Crippen LogP contribution in [0.4, 0.5) is 0 Å². The highest BCUT2D eigenvalue weighted by atomic mass is 32.2. The van der Waals surface area contributed by atoms with Gasteiger partial charge in [0.15, 0.2) is 0 Å². The number of thioether (sulfide) groups is 1. The molecule has 0 bridgehead atoms. The molecule has 1 aliphatic heterocycles. The molecule has 0 aromatic heterocycles. The number of carbonyl (C=O) groups is 1. The molecule has 1 atom stereocenters. The van der Waals surface area contributed by atoms with E-state index < -0.39 is 0 Å². The minimum Gasteiger partial charge on any atom is -0.340 e. The number of amides is 1. The highest BCUT2D eigenvalue weighted by molar-refractivity contribution is 7.98. The lowest BCUT2D eigenvalue weighted by molar-refractivity contribution is -0.132. The number of rotatable bonds is 4. The molecule has 3 N–H and O–H groups in total. The van der Waals surface area contributed by atoms with Gasteiger partial charge in [-0.05, 0) is 31.4 Å². The highest BCUT2D eigenvalue weighted by Gasteiger charge is 2.20. The number of nitrogens with one attached hydrogen (secondary N) is 1. The number of hydrogen-bond donors (Lipinski definition) is 2. The van der Waals surface area contributed by atoms with Crippen molar-refractivity contribution in [2.24, 2.45) is 5.73 Å². The van der Waals surface area contributed by atoms with Crippen molar-refractivity contribution >= 4 is 17.7 Å². The van der Waals surface area contributed by atoms with Crippen LogP contribution in [0.25, 0.3) is 0 Å². The van der Waals surface area contributed by atoms with E-state index in [0.29, 0.717) is 0 Å². The maximum Gasteiger partial charge on any atom is 0.239 e. The van der Waals surface area contributed by atoms with Gasteiger partial charge in [0.2, 0.25) is 5.91 Å². The average molecular weight is 231 g/mol. The lowest BCUT2D eigenvalue weighted by Gasteiger charge is -2.23. The summed E-state index contributed by atoms with van der Waals surface area (Å²) >= 11 is 1.74. The van der Waals surface area contributed by atoms with Crippen molar-refractivity contribution in [2.75, 3.05) is 38.2 Å². The largest absolute Gasteiger partial charge is 0.340 e. The van der Waals surface area contributed by atoms with E-state index in [2.05, 4.69) is 5.32 Å². The summed E-state index contributed by atoms with van der Waals surface area (Å²) in [4.78, 5) is 13.8. The van der Waals surface area contributed by atoms with E-state index in [0.717, 1.165) is 44.8 Å². The molecule has 0 spiro atoms. The predicted octanol–water partition coefficient (Wildman–Crippen LogP) is -0.111. The fraction of sp³-hybridized carbons (Fsp3) is 0.900. The molecule has 1 fully saturated rings. The molecule has 1 heterocycles. The second-order valence-electron chi connectivity index (χ2n) is 3.82. The molecule has 0 aromatic rings. The van der Waals surface area contributed by atoms with Crippen LogP contribution in [0.15, 0.2) is 0 Å². The van der Waals surface area contributed by atoms with Crippen LogP contribution in [0.2, 0.25) is 0 Å². The molecule has 1 rings (SSSR count). The minimum atomic E-state index is -0.310. The Balaban J connectivity index is 2.35. The van der Waals surface area contributed by atoms with E-state index in [9.17, 15) is 4.79 Å². The molecule has 15 heavy (non-hydrogen) atoms. The third-order valence-electron chi connectivity index (χ3n) is 2.60. The lowest BCUT2D eigenvalue weighted by Crippen LogP contribution is -2.45. The molecule has 0 radical (unpaired) electrons. The van der Waals surface area contributed by atoms with Crippen molar-refractivity contribution in [1.29, 1.82) is 0 Å². The minimum absolute atomic E-state index is 0.118. The molecule has 88 valence electrons. The van der Waals surface area contributed by atoms with Gasteiger partial charge >= 0.3 is 0 Å². The summed E-state index contributed by atoms with van der Waals surface area (Å²) in [5, 5.41) is 3.28. The summed E-state index contributed by atoms with van der Waals surface area (Å²) in [6.45, 7) is 3.54. The number of carbonyl (C=O) groups excluding carboxylic acids is 1. The van der Waals surface area contributed by atoms with Gasteiger partial charge in [0.1, 0.15) is 0 Å². The van der Waals surface area contributed by atoms with Crippen LogP contribution >= 0.6 is 11.8 Å². The van der Waals surface area contributed by atoms with E-state index in [4.69, 9.17) is 5.73 Å². The zero-order chi connectivity index (χ0) is 11.1. The van der Waals surface area contributed by atoms with Crippen LogP contribution in [-0.2, 0) is 4.79 Å². The van der Waals surface area contributed by atoms with E-state index in [1.165, 1.54) is 0 Å². The summed E-state index contributed by atoms with van der Waals surface area (Å²) in [5.74, 6) is 1.08. The number of hydrogen-bond acceptors (Lipinski definition) is 4. The Kier molecular flexibility index (Phi) is 6.05. The maximum atomic E-state index is 11.9. The molecular weight excluding hydrogens is 210 g/mol. The Morgan fingerprint density at radius 2 is 2.33 bits per heavy atom. The first-order valence-electron chi connectivity index (χ1n) is 5.49. The van der Waals surface area contributed by atoms with E-state index in [1.807, 2.05) is 11.2 Å². The summed E-state index contributed by atoms with van der Waals surface area (Å²) < 4.78 is 0. The Hall–Kier alpha value is -0.260. The molecule has 0 aromatic carbocycles. The lowest BCUT2D eigenvalue weighted by atomic mass is 10.2. The van der Waals surface area contributed by atoms with Crippen molar-refractivity contribution < 1.29 is 4.79 Å². The van der Waals surface area contributed by atoms with Gasteiger partial charge in [-0.1, -0.05) is 0 Å². The van der Waals surface area contributed by atoms with Crippen molar-refractivity contribution in [3.8, 4) is 0 Å². The maximum absolute atomic E-state index is 11.9. The molecule has 0 aliphatic carbocycles. The van der Waals surface area contributed by atoms with Crippen LogP contribution in [0.3, 0.4) is 0 Å². The SMILES string of the molecule is CSCC[C@H](N)C(=O)N1CCCNCC1. The van der Waals surface area contributed by atoms with Crippen molar-refractivity contribution in [3.63, 3.8) is 0 Å². The molecule has 1 saturated heterocycles. The zero-order valence-electron chi connectivity index (χ0n) is 9.37. The topological polar surface area (TPSA) is 58.4 Å². The normalized spacial score (nSPS) is 19.7. The Bertz CT molecular complexity index is 193. The van der Waals surface area contributed by atoms with Crippen LogP contribution < -0.4 is 11.1 Å². The Morgan fingerprint density at radius 1 is 1.53 bits per heavy atom. The third-order valence-corrected chi connectivity index (χ3v) is 3.25. The second kappa shape index (κ2) is 7.09. The highest BCUT2D eigenvalue weighted by Crippen LogP contribution is 2.04. The molecule has 0 saturated carbocycles. The number of nitrogens with zero attached hydrogens (tertiary/aromatic N) is 1. The molecule has 1 amide bonds. The second-order valence-corrected chi connectivity index (χ2v) is 4.80.